The van der Waals surface area contributed by atoms with Crippen LogP contribution in [0.15, 0.2) is 0 Å². The molecule has 0 aliphatic heterocycles. The largest absolute Gasteiger partial charge is 0.0120 e. The van der Waals surface area contributed by atoms with Crippen molar-refractivity contribution in [1.29, 1.82) is 0 Å². The molecule has 0 amide bonds. The van der Waals surface area contributed by atoms with Crippen molar-refractivity contribution in [2.24, 2.45) is 0 Å². The Morgan fingerprint density at radius 2 is 1.25 bits per heavy atom. The van der Waals surface area contributed by atoms with Gasteiger partial charge < -0.3 is 0 Å². The highest BCUT2D eigenvalue weighted by Crippen LogP contribution is 1.24. The zero-order valence-corrected chi connectivity index (χ0v) is 10.2. The molecule has 4 heteroatoms. The Labute approximate surface area is 37.2 Å². The lowest BCUT2D eigenvalue weighted by atomic mass is 26.5. The molecular weight excluding hydrogens is 112 g/mol. The summed E-state index contributed by atoms with van der Waals surface area (Å²) in [5.41, 5.74) is 0. The summed E-state index contributed by atoms with van der Waals surface area (Å²) >= 11 is 0. The molecule has 0 atom stereocenters. The van der Waals surface area contributed by atoms with Gasteiger partial charge in [-0.05, 0) is 36.6 Å². The minimum atomic E-state index is 0.764. The van der Waals surface area contributed by atoms with Crippen molar-refractivity contribution in [3.8, 4) is 0 Å². The van der Waals surface area contributed by atoms with Crippen LogP contribution >= 0.6 is 0 Å². The van der Waals surface area contributed by atoms with E-state index in [1.54, 1.807) is 19.5 Å². The van der Waals surface area contributed by atoms with Gasteiger partial charge in [0, 0.05) is 0 Å². The van der Waals surface area contributed by atoms with E-state index in [-0.39, 0.29) is 0 Å². The average molecular weight is 122 g/mol. The highest BCUT2D eigenvalue weighted by molar-refractivity contribution is 7.37. The molecule has 0 N–H and O–H groups in total. The van der Waals surface area contributed by atoms with Crippen LogP contribution in [-0.4, -0.2) is 36.6 Å². The number of hydrogen-bond acceptors (Lipinski definition) is 0. The molecule has 0 rings (SSSR count). The van der Waals surface area contributed by atoms with Gasteiger partial charge in [0.2, 0.25) is 0 Å². The van der Waals surface area contributed by atoms with Gasteiger partial charge in [0.25, 0.3) is 0 Å². The Kier molecular flexibility index (Phi) is 4.71. The zero-order chi connectivity index (χ0) is 3.41. The SMILES string of the molecule is [SiH3][SiH2][SiH2][SiH3]. The topological polar surface area (TPSA) is 0 Å². The fourth-order valence-electron chi connectivity index (χ4n) is 0. The van der Waals surface area contributed by atoms with Gasteiger partial charge in [-0.25, -0.2) is 0 Å². The van der Waals surface area contributed by atoms with Gasteiger partial charge in [-0.3, -0.25) is 0 Å². The van der Waals surface area contributed by atoms with Crippen molar-refractivity contribution in [2.75, 3.05) is 0 Å². The van der Waals surface area contributed by atoms with E-state index >= 15 is 0 Å². The molecular formula is H10Si4. The van der Waals surface area contributed by atoms with Crippen molar-refractivity contribution in [3.63, 3.8) is 0 Å². The molecule has 0 fully saturated rings. The number of rotatable bonds is 1. The van der Waals surface area contributed by atoms with Crippen LogP contribution < -0.4 is 0 Å². The molecule has 0 unspecified atom stereocenters. The van der Waals surface area contributed by atoms with Crippen molar-refractivity contribution >= 4 is 36.6 Å². The second kappa shape index (κ2) is 3.87. The van der Waals surface area contributed by atoms with Crippen molar-refractivity contribution in [1.82, 2.24) is 0 Å². The molecule has 0 aromatic carbocycles. The maximum Gasteiger partial charge on any atom is -0.00991 e. The average Bonchev–Trinajstić information content (AvgIpc) is 1.37. The first-order valence-corrected chi connectivity index (χ1v) is 17.2. The molecule has 4 heavy (non-hydrogen) atoms. The van der Waals surface area contributed by atoms with E-state index in [4.69, 9.17) is 0 Å². The Morgan fingerprint density at radius 3 is 1.25 bits per heavy atom. The second-order valence-electron chi connectivity index (χ2n) is 1.000. The summed E-state index contributed by atoms with van der Waals surface area (Å²) in [6.07, 6.45) is 0. The van der Waals surface area contributed by atoms with Gasteiger partial charge in [-0.15, -0.1) is 0 Å². The number of hydrogen-bond donors (Lipinski definition) is 0. The van der Waals surface area contributed by atoms with Crippen LogP contribution in [0.25, 0.3) is 0 Å². The minimum absolute atomic E-state index is 0.764. The Morgan fingerprint density at radius 1 is 1.00 bits per heavy atom. The molecule has 0 spiro atoms. The first kappa shape index (κ1) is 4.87. The van der Waals surface area contributed by atoms with Crippen LogP contribution in [-0.2, 0) is 0 Å². The lowest BCUT2D eigenvalue weighted by molar-refractivity contribution is 4.14. The molecule has 0 aliphatic carbocycles. The van der Waals surface area contributed by atoms with E-state index in [0.29, 0.717) is 0 Å². The van der Waals surface area contributed by atoms with Crippen LogP contribution in [0.5, 0.6) is 0 Å². The highest BCUT2D eigenvalue weighted by atomic mass is 29.7. The Bertz CT molecular complexity index is 2.00. The summed E-state index contributed by atoms with van der Waals surface area (Å²) in [5, 5.41) is 0. The van der Waals surface area contributed by atoms with E-state index in [9.17, 15) is 0 Å². The summed E-state index contributed by atoms with van der Waals surface area (Å²) in [5.74, 6) is 0. The maximum absolute atomic E-state index is 1.62. The highest BCUT2D eigenvalue weighted by Gasteiger charge is 1.61. The van der Waals surface area contributed by atoms with Gasteiger partial charge in [-0.2, -0.15) is 0 Å². The molecule has 26 valence electrons. The summed E-state index contributed by atoms with van der Waals surface area (Å²) < 4.78 is 0. The monoisotopic (exact) mass is 122 g/mol. The van der Waals surface area contributed by atoms with Crippen molar-refractivity contribution < 1.29 is 0 Å². The normalized spacial score (nSPS) is 15.0. The van der Waals surface area contributed by atoms with E-state index in [1.165, 1.54) is 0 Å². The minimum Gasteiger partial charge on any atom is -0.0120 e. The molecule has 0 aliphatic rings. The van der Waals surface area contributed by atoms with Crippen LogP contribution in [0, 0.1) is 0 Å². The summed E-state index contributed by atoms with van der Waals surface area (Å²) in [4.78, 5) is 0. The van der Waals surface area contributed by atoms with Gasteiger partial charge >= 0.3 is 0 Å². The smallest absolute Gasteiger partial charge is 0.00991 e. The molecule has 0 aromatic heterocycles. The van der Waals surface area contributed by atoms with E-state index in [0.717, 1.165) is 17.1 Å². The molecule has 0 nitrogen and oxygen atoms in total. The fraction of sp³-hybridized carbons (Fsp3) is 0. The molecule has 0 aromatic rings. The standard InChI is InChI=1S/H10Si4/c1-3-4-2/h3-4H2,1-2H3. The summed E-state index contributed by atoms with van der Waals surface area (Å²) in [6.45, 7) is 0. The predicted molar refractivity (Wildman–Crippen MR) is 37.0 cm³/mol. The first-order chi connectivity index (χ1) is 1.91. The third-order valence-electron chi connectivity index (χ3n) is 0.500. The molecule has 0 radical (unpaired) electrons. The van der Waals surface area contributed by atoms with Crippen LogP contribution in [0.1, 0.15) is 0 Å². The van der Waals surface area contributed by atoms with Gasteiger partial charge in [0.1, 0.15) is 0 Å². The van der Waals surface area contributed by atoms with Crippen molar-refractivity contribution in [3.05, 3.63) is 0 Å². The first-order valence-electron chi connectivity index (χ1n) is 1.91. The van der Waals surface area contributed by atoms with Gasteiger partial charge in [-0.1, -0.05) is 0 Å². The predicted octanol–water partition coefficient (Wildman–Crippen LogP) is -4.20. The Balaban J connectivity index is 1.97. The van der Waals surface area contributed by atoms with Crippen molar-refractivity contribution in [2.45, 2.75) is 0 Å². The third-order valence-corrected chi connectivity index (χ3v) is 40.5. The second-order valence-corrected chi connectivity index (χ2v) is 27.0. The summed E-state index contributed by atoms with van der Waals surface area (Å²) in [6, 6.07) is 0. The lowest BCUT2D eigenvalue weighted by Crippen LogP contribution is -2.00. The maximum atomic E-state index is 1.62. The van der Waals surface area contributed by atoms with E-state index in [1.807, 2.05) is 0 Å². The van der Waals surface area contributed by atoms with Crippen LogP contribution in [0.3, 0.4) is 0 Å². The van der Waals surface area contributed by atoms with Gasteiger partial charge in [0.05, 0.1) is 0 Å². The molecule has 0 saturated heterocycles. The zero-order valence-electron chi connectivity index (χ0n) is 3.41. The fourth-order valence-corrected chi connectivity index (χ4v) is 0. The van der Waals surface area contributed by atoms with Gasteiger partial charge in [0.15, 0.2) is 0 Å². The quantitative estimate of drug-likeness (QED) is 0.310. The summed E-state index contributed by atoms with van der Waals surface area (Å²) in [7, 11) is 4.78. The van der Waals surface area contributed by atoms with E-state index < -0.39 is 0 Å². The Hall–Kier alpha value is 0.868. The third kappa shape index (κ3) is 2.87. The van der Waals surface area contributed by atoms with E-state index in [2.05, 4.69) is 0 Å². The lowest BCUT2D eigenvalue weighted by Gasteiger charge is -1.63. The van der Waals surface area contributed by atoms with Crippen LogP contribution in [0.2, 0.25) is 0 Å². The molecule has 0 heterocycles. The van der Waals surface area contributed by atoms with Crippen LogP contribution in [0.4, 0.5) is 0 Å². The molecule has 0 saturated carbocycles. The molecule has 0 bridgehead atoms.